The zero-order valence-electron chi connectivity index (χ0n) is 15.3. The Morgan fingerprint density at radius 2 is 1.85 bits per heavy atom. The average molecular weight is 363 g/mol. The normalized spacial score (nSPS) is 10.8. The first-order valence-electron chi connectivity index (χ1n) is 8.82. The number of hydrogen-bond acceptors (Lipinski definition) is 5. The quantitative estimate of drug-likeness (QED) is 0.679. The third kappa shape index (κ3) is 4.67. The number of amides is 1. The molecule has 2 aromatic heterocycles. The smallest absolute Gasteiger partial charge is 0.307 e. The van der Waals surface area contributed by atoms with Crippen LogP contribution in [0.4, 0.5) is 0 Å². The standard InChI is InChI=1S/C21H21N3O3/c1-14(2)27-20(25)9-12-23-21(26)17-13-19(15-7-10-22-11-8-15)24-18-6-4-3-5-16(17)18/h3-8,10-11,13-14H,9,12H2,1-2H3,(H,23,26). The second kappa shape index (κ2) is 8.40. The van der Waals surface area contributed by atoms with Crippen LogP contribution in [0.1, 0.15) is 30.6 Å². The second-order valence-corrected chi connectivity index (χ2v) is 6.35. The van der Waals surface area contributed by atoms with Gasteiger partial charge in [0.1, 0.15) is 0 Å². The number of rotatable bonds is 6. The van der Waals surface area contributed by atoms with Crippen LogP contribution in [0.25, 0.3) is 22.2 Å². The van der Waals surface area contributed by atoms with E-state index in [0.717, 1.165) is 16.5 Å². The summed E-state index contributed by atoms with van der Waals surface area (Å²) < 4.78 is 5.08. The van der Waals surface area contributed by atoms with Crippen LogP contribution in [0.15, 0.2) is 54.9 Å². The molecule has 0 aliphatic heterocycles. The number of nitrogens with zero attached hydrogens (tertiary/aromatic N) is 2. The highest BCUT2D eigenvalue weighted by Crippen LogP contribution is 2.24. The number of pyridine rings is 2. The molecule has 0 saturated heterocycles. The van der Waals surface area contributed by atoms with Gasteiger partial charge in [-0.25, -0.2) is 4.98 Å². The van der Waals surface area contributed by atoms with E-state index in [0.29, 0.717) is 11.3 Å². The Bertz CT molecular complexity index is 955. The van der Waals surface area contributed by atoms with E-state index in [1.165, 1.54) is 0 Å². The lowest BCUT2D eigenvalue weighted by Crippen LogP contribution is -2.27. The van der Waals surface area contributed by atoms with Crippen molar-refractivity contribution < 1.29 is 14.3 Å². The summed E-state index contributed by atoms with van der Waals surface area (Å²) in [6.07, 6.45) is 3.34. The lowest BCUT2D eigenvalue weighted by Gasteiger charge is -2.11. The molecule has 1 aromatic carbocycles. The molecule has 3 rings (SSSR count). The van der Waals surface area contributed by atoms with Crippen molar-refractivity contribution in [2.75, 3.05) is 6.54 Å². The van der Waals surface area contributed by atoms with Crippen molar-refractivity contribution >= 4 is 22.8 Å². The largest absolute Gasteiger partial charge is 0.463 e. The van der Waals surface area contributed by atoms with E-state index in [-0.39, 0.29) is 30.9 Å². The number of carbonyl (C=O) groups is 2. The number of esters is 1. The van der Waals surface area contributed by atoms with E-state index in [1.54, 1.807) is 32.3 Å². The van der Waals surface area contributed by atoms with E-state index in [1.807, 2.05) is 36.4 Å². The lowest BCUT2D eigenvalue weighted by molar-refractivity contribution is -0.147. The Balaban J connectivity index is 1.84. The highest BCUT2D eigenvalue weighted by atomic mass is 16.5. The maximum atomic E-state index is 12.7. The topological polar surface area (TPSA) is 81.2 Å². The SMILES string of the molecule is CC(C)OC(=O)CCNC(=O)c1cc(-c2ccncc2)nc2ccccc12. The van der Waals surface area contributed by atoms with Gasteiger partial charge in [0.2, 0.25) is 0 Å². The van der Waals surface area contributed by atoms with Crippen molar-refractivity contribution in [3.05, 3.63) is 60.4 Å². The third-order valence-corrected chi connectivity index (χ3v) is 3.92. The number of nitrogens with one attached hydrogen (secondary N) is 1. The van der Waals surface area contributed by atoms with E-state index in [9.17, 15) is 9.59 Å². The van der Waals surface area contributed by atoms with Gasteiger partial charge in [-0.3, -0.25) is 14.6 Å². The summed E-state index contributed by atoms with van der Waals surface area (Å²) >= 11 is 0. The number of hydrogen-bond donors (Lipinski definition) is 1. The predicted molar refractivity (Wildman–Crippen MR) is 103 cm³/mol. The maximum Gasteiger partial charge on any atom is 0.307 e. The molecule has 0 aliphatic rings. The lowest BCUT2D eigenvalue weighted by atomic mass is 10.0. The minimum Gasteiger partial charge on any atom is -0.463 e. The Labute approximate surface area is 157 Å². The highest BCUT2D eigenvalue weighted by molar-refractivity contribution is 6.07. The molecule has 1 N–H and O–H groups in total. The number of benzene rings is 1. The van der Waals surface area contributed by atoms with Gasteiger partial charge in [-0.05, 0) is 38.1 Å². The summed E-state index contributed by atoms with van der Waals surface area (Å²) in [5.41, 5.74) is 2.83. The molecule has 0 unspecified atom stereocenters. The van der Waals surface area contributed by atoms with Crippen molar-refractivity contribution in [1.29, 1.82) is 0 Å². The second-order valence-electron chi connectivity index (χ2n) is 6.35. The maximum absolute atomic E-state index is 12.7. The van der Waals surface area contributed by atoms with Crippen LogP contribution >= 0.6 is 0 Å². The number of para-hydroxylation sites is 1. The Morgan fingerprint density at radius 1 is 1.11 bits per heavy atom. The minimum atomic E-state index is -0.331. The molecule has 0 radical (unpaired) electrons. The molecule has 0 aliphatic carbocycles. The molecule has 6 nitrogen and oxygen atoms in total. The van der Waals surface area contributed by atoms with E-state index in [4.69, 9.17) is 4.74 Å². The van der Waals surface area contributed by atoms with Crippen LogP contribution < -0.4 is 5.32 Å². The highest BCUT2D eigenvalue weighted by Gasteiger charge is 2.14. The van der Waals surface area contributed by atoms with Crippen LogP contribution in [0.2, 0.25) is 0 Å². The molecule has 0 spiro atoms. The Morgan fingerprint density at radius 3 is 2.59 bits per heavy atom. The first kappa shape index (κ1) is 18.5. The van der Waals surface area contributed by atoms with Crippen molar-refractivity contribution in [3.63, 3.8) is 0 Å². The summed E-state index contributed by atoms with van der Waals surface area (Å²) in [4.78, 5) is 33.0. The van der Waals surface area contributed by atoms with Gasteiger partial charge in [-0.15, -0.1) is 0 Å². The Hall–Kier alpha value is -3.28. The first-order chi connectivity index (χ1) is 13.0. The van der Waals surface area contributed by atoms with E-state index in [2.05, 4.69) is 15.3 Å². The molecule has 0 bridgehead atoms. The molecule has 0 fully saturated rings. The van der Waals surface area contributed by atoms with Gasteiger partial charge in [-0.1, -0.05) is 18.2 Å². The summed E-state index contributed by atoms with van der Waals surface area (Å²) in [7, 11) is 0. The first-order valence-corrected chi connectivity index (χ1v) is 8.82. The third-order valence-electron chi connectivity index (χ3n) is 3.92. The van der Waals surface area contributed by atoms with Gasteiger partial charge in [-0.2, -0.15) is 0 Å². The van der Waals surface area contributed by atoms with Crippen LogP contribution in [0.3, 0.4) is 0 Å². The van der Waals surface area contributed by atoms with E-state index >= 15 is 0 Å². The van der Waals surface area contributed by atoms with Crippen LogP contribution in [0, 0.1) is 0 Å². The number of ether oxygens (including phenoxy) is 1. The van der Waals surface area contributed by atoms with Crippen molar-refractivity contribution in [2.24, 2.45) is 0 Å². The average Bonchev–Trinajstić information content (AvgIpc) is 2.67. The molecule has 0 atom stereocenters. The molecule has 3 aromatic rings. The van der Waals surface area contributed by atoms with Crippen molar-refractivity contribution in [1.82, 2.24) is 15.3 Å². The molecular weight excluding hydrogens is 342 g/mol. The molecule has 2 heterocycles. The fourth-order valence-electron chi connectivity index (χ4n) is 2.73. The zero-order valence-corrected chi connectivity index (χ0v) is 15.3. The number of carbonyl (C=O) groups excluding carboxylic acids is 2. The number of fused-ring (bicyclic) bond motifs is 1. The molecule has 6 heteroatoms. The van der Waals surface area contributed by atoms with Crippen molar-refractivity contribution in [2.45, 2.75) is 26.4 Å². The van der Waals surface area contributed by atoms with Crippen molar-refractivity contribution in [3.8, 4) is 11.3 Å². The fourth-order valence-corrected chi connectivity index (χ4v) is 2.73. The van der Waals surface area contributed by atoms with Crippen LogP contribution in [-0.2, 0) is 9.53 Å². The summed E-state index contributed by atoms with van der Waals surface area (Å²) in [6.45, 7) is 3.80. The van der Waals surface area contributed by atoms with Gasteiger partial charge >= 0.3 is 5.97 Å². The predicted octanol–water partition coefficient (Wildman–Crippen LogP) is 3.37. The molecule has 138 valence electrons. The number of aromatic nitrogens is 2. The van der Waals surface area contributed by atoms with Gasteiger partial charge in [0.25, 0.3) is 5.91 Å². The van der Waals surface area contributed by atoms with Gasteiger partial charge < -0.3 is 10.1 Å². The monoisotopic (exact) mass is 363 g/mol. The Kier molecular flexibility index (Phi) is 5.76. The minimum absolute atomic E-state index is 0.129. The molecule has 1 amide bonds. The summed E-state index contributed by atoms with van der Waals surface area (Å²) in [5.74, 6) is -0.580. The van der Waals surface area contributed by atoms with Gasteiger partial charge in [0, 0.05) is 29.9 Å². The van der Waals surface area contributed by atoms with E-state index < -0.39 is 0 Å². The fraction of sp³-hybridized carbons (Fsp3) is 0.238. The molecule has 27 heavy (non-hydrogen) atoms. The van der Waals surface area contributed by atoms with Crippen LogP contribution in [0.5, 0.6) is 0 Å². The van der Waals surface area contributed by atoms with Gasteiger partial charge in [0.15, 0.2) is 0 Å². The van der Waals surface area contributed by atoms with Crippen LogP contribution in [-0.4, -0.2) is 34.5 Å². The molecule has 0 saturated carbocycles. The zero-order chi connectivity index (χ0) is 19.2. The summed E-state index contributed by atoms with van der Waals surface area (Å²) in [5, 5.41) is 3.56. The molecular formula is C21H21N3O3. The summed E-state index contributed by atoms with van der Waals surface area (Å²) in [6, 6.07) is 12.9. The van der Waals surface area contributed by atoms with Gasteiger partial charge in [0.05, 0.1) is 29.3 Å².